The van der Waals surface area contributed by atoms with Crippen molar-refractivity contribution in [2.75, 3.05) is 7.11 Å². The molecule has 0 radical (unpaired) electrons. The zero-order chi connectivity index (χ0) is 23.2. The van der Waals surface area contributed by atoms with Crippen molar-refractivity contribution in [3.8, 4) is 11.5 Å². The lowest BCUT2D eigenvalue weighted by atomic mass is 10.0. The van der Waals surface area contributed by atoms with Gasteiger partial charge in [0.15, 0.2) is 11.5 Å². The van der Waals surface area contributed by atoms with Gasteiger partial charge in [0.2, 0.25) is 0 Å². The molecule has 0 spiro atoms. The third-order valence-corrected chi connectivity index (χ3v) is 5.69. The number of hydrogen-bond acceptors (Lipinski definition) is 4. The Morgan fingerprint density at radius 1 is 1.03 bits per heavy atom. The number of aliphatic carboxylic acids is 1. The van der Waals surface area contributed by atoms with E-state index in [4.69, 9.17) is 9.47 Å². The van der Waals surface area contributed by atoms with E-state index in [0.29, 0.717) is 31.1 Å². The lowest BCUT2D eigenvalue weighted by molar-refractivity contribution is -0.139. The molecule has 0 bridgehead atoms. The van der Waals surface area contributed by atoms with Gasteiger partial charge in [-0.05, 0) is 41.8 Å². The second-order valence-corrected chi connectivity index (χ2v) is 8.09. The third-order valence-electron chi connectivity index (χ3n) is 5.69. The van der Waals surface area contributed by atoms with Gasteiger partial charge >= 0.3 is 5.97 Å². The van der Waals surface area contributed by atoms with Crippen molar-refractivity contribution >= 4 is 16.9 Å². The highest BCUT2D eigenvalue weighted by molar-refractivity contribution is 5.84. The zero-order valence-corrected chi connectivity index (χ0v) is 18.8. The van der Waals surface area contributed by atoms with Gasteiger partial charge in [-0.1, -0.05) is 54.1 Å². The number of ether oxygens (including phenoxy) is 2. The number of H-pyrrole nitrogens is 1. The Balaban J connectivity index is 1.40. The van der Waals surface area contributed by atoms with E-state index in [1.807, 2.05) is 60.8 Å². The maximum Gasteiger partial charge on any atom is 0.321 e. The molecule has 6 heteroatoms. The van der Waals surface area contributed by atoms with Crippen LogP contribution in [0.5, 0.6) is 11.5 Å². The summed E-state index contributed by atoms with van der Waals surface area (Å²) in [4.78, 5) is 15.1. The number of carboxylic acids is 1. The predicted octanol–water partition coefficient (Wildman–Crippen LogP) is 4.85. The summed E-state index contributed by atoms with van der Waals surface area (Å²) >= 11 is 0. The van der Waals surface area contributed by atoms with Gasteiger partial charge < -0.3 is 24.9 Å². The zero-order valence-electron chi connectivity index (χ0n) is 18.8. The van der Waals surface area contributed by atoms with E-state index in [1.54, 1.807) is 7.11 Å². The highest BCUT2D eigenvalue weighted by Gasteiger charge is 2.19. The van der Waals surface area contributed by atoms with Gasteiger partial charge in [0.25, 0.3) is 0 Å². The molecule has 0 aliphatic rings. The van der Waals surface area contributed by atoms with Crippen LogP contribution in [0.4, 0.5) is 0 Å². The fourth-order valence-electron chi connectivity index (χ4n) is 3.79. The number of aromatic amines is 1. The van der Waals surface area contributed by atoms with Crippen molar-refractivity contribution in [1.82, 2.24) is 10.3 Å². The van der Waals surface area contributed by atoms with Crippen LogP contribution in [0, 0.1) is 6.92 Å². The number of benzene rings is 3. The van der Waals surface area contributed by atoms with E-state index in [-0.39, 0.29) is 0 Å². The number of hydrogen-bond donors (Lipinski definition) is 3. The van der Waals surface area contributed by atoms with E-state index in [1.165, 1.54) is 5.56 Å². The molecule has 0 amide bonds. The van der Waals surface area contributed by atoms with Crippen LogP contribution in [0.15, 0.2) is 72.9 Å². The van der Waals surface area contributed by atoms with Crippen molar-refractivity contribution in [3.05, 3.63) is 95.2 Å². The minimum atomic E-state index is -0.884. The number of rotatable bonds is 10. The summed E-state index contributed by atoms with van der Waals surface area (Å²) in [6.07, 6.45) is 2.26. The maximum atomic E-state index is 11.9. The molecule has 0 fully saturated rings. The van der Waals surface area contributed by atoms with Gasteiger partial charge in [-0.25, -0.2) is 0 Å². The smallest absolute Gasteiger partial charge is 0.321 e. The standard InChI is InChI=1S/C27H28N2O4/c1-18-7-9-19(10-8-18)17-33-25-12-11-20(13-26(25)32-2)15-28-24(27(30)31)14-21-16-29-23-6-4-3-5-22(21)23/h3-13,16,24,28-29H,14-15,17H2,1-2H3,(H,30,31). The molecule has 0 aliphatic carbocycles. The van der Waals surface area contributed by atoms with E-state index >= 15 is 0 Å². The Morgan fingerprint density at radius 3 is 2.55 bits per heavy atom. The number of carboxylic acid groups (broad SMARTS) is 1. The molecular formula is C27H28N2O4. The normalized spacial score (nSPS) is 11.9. The number of methoxy groups -OCH3 is 1. The first kappa shape index (κ1) is 22.4. The molecule has 3 N–H and O–H groups in total. The van der Waals surface area contributed by atoms with E-state index in [9.17, 15) is 9.90 Å². The van der Waals surface area contributed by atoms with Crippen molar-refractivity contribution in [2.45, 2.75) is 32.5 Å². The first-order valence-corrected chi connectivity index (χ1v) is 10.9. The Bertz CT molecular complexity index is 1230. The highest BCUT2D eigenvalue weighted by atomic mass is 16.5. The summed E-state index contributed by atoms with van der Waals surface area (Å²) in [5.74, 6) is 0.380. The van der Waals surface area contributed by atoms with Crippen molar-refractivity contribution in [2.24, 2.45) is 0 Å². The van der Waals surface area contributed by atoms with Gasteiger partial charge in [-0.3, -0.25) is 4.79 Å². The van der Waals surface area contributed by atoms with E-state index in [2.05, 4.69) is 29.4 Å². The van der Waals surface area contributed by atoms with Crippen molar-refractivity contribution in [1.29, 1.82) is 0 Å². The molecule has 6 nitrogen and oxygen atoms in total. The number of nitrogens with one attached hydrogen (secondary N) is 2. The van der Waals surface area contributed by atoms with Crippen LogP contribution >= 0.6 is 0 Å². The average molecular weight is 445 g/mol. The van der Waals surface area contributed by atoms with Crippen LogP contribution < -0.4 is 14.8 Å². The molecule has 1 atom stereocenters. The minimum absolute atomic E-state index is 0.383. The molecule has 1 heterocycles. The third kappa shape index (κ3) is 5.54. The first-order valence-electron chi connectivity index (χ1n) is 10.9. The fraction of sp³-hybridized carbons (Fsp3) is 0.222. The second kappa shape index (κ2) is 10.2. The lowest BCUT2D eigenvalue weighted by Crippen LogP contribution is -2.38. The Morgan fingerprint density at radius 2 is 1.79 bits per heavy atom. The van der Waals surface area contributed by atoms with Crippen LogP contribution in [0.3, 0.4) is 0 Å². The Labute approximate surface area is 193 Å². The molecular weight excluding hydrogens is 416 g/mol. The minimum Gasteiger partial charge on any atom is -0.493 e. The van der Waals surface area contributed by atoms with Crippen molar-refractivity contribution in [3.63, 3.8) is 0 Å². The summed E-state index contributed by atoms with van der Waals surface area (Å²) < 4.78 is 11.4. The SMILES string of the molecule is COc1cc(CNC(Cc2c[nH]c3ccccc23)C(=O)O)ccc1OCc1ccc(C)cc1. The van der Waals surface area contributed by atoms with E-state index in [0.717, 1.165) is 27.6 Å². The summed E-state index contributed by atoms with van der Waals surface area (Å²) in [5, 5.41) is 14.0. The summed E-state index contributed by atoms with van der Waals surface area (Å²) in [6.45, 7) is 2.89. The number of aromatic nitrogens is 1. The second-order valence-electron chi connectivity index (χ2n) is 8.09. The average Bonchev–Trinajstić information content (AvgIpc) is 3.24. The first-order chi connectivity index (χ1) is 16.0. The maximum absolute atomic E-state index is 11.9. The van der Waals surface area contributed by atoms with Gasteiger partial charge in [0.1, 0.15) is 12.6 Å². The highest BCUT2D eigenvalue weighted by Crippen LogP contribution is 2.29. The number of fused-ring (bicyclic) bond motifs is 1. The van der Waals surface area contributed by atoms with Crippen LogP contribution in [-0.4, -0.2) is 29.2 Å². The fourth-order valence-corrected chi connectivity index (χ4v) is 3.79. The molecule has 0 aliphatic heterocycles. The number of carbonyl (C=O) groups is 1. The van der Waals surface area contributed by atoms with Gasteiger partial charge in [-0.15, -0.1) is 0 Å². The quantitative estimate of drug-likeness (QED) is 0.326. The molecule has 170 valence electrons. The molecule has 4 rings (SSSR count). The van der Waals surface area contributed by atoms with Crippen LogP contribution in [0.2, 0.25) is 0 Å². The van der Waals surface area contributed by atoms with Crippen LogP contribution in [0.1, 0.15) is 22.3 Å². The Hall–Kier alpha value is -3.77. The Kier molecular flexibility index (Phi) is 6.95. The van der Waals surface area contributed by atoms with Crippen LogP contribution in [-0.2, 0) is 24.4 Å². The largest absolute Gasteiger partial charge is 0.493 e. The van der Waals surface area contributed by atoms with Crippen molar-refractivity contribution < 1.29 is 19.4 Å². The molecule has 1 aromatic heterocycles. The summed E-state index contributed by atoms with van der Waals surface area (Å²) in [6, 6.07) is 21.0. The van der Waals surface area contributed by atoms with Gasteiger partial charge in [-0.2, -0.15) is 0 Å². The number of para-hydroxylation sites is 1. The topological polar surface area (TPSA) is 83.6 Å². The van der Waals surface area contributed by atoms with Gasteiger partial charge in [0, 0.05) is 30.1 Å². The van der Waals surface area contributed by atoms with Gasteiger partial charge in [0.05, 0.1) is 7.11 Å². The molecule has 4 aromatic rings. The van der Waals surface area contributed by atoms with Crippen LogP contribution in [0.25, 0.3) is 10.9 Å². The molecule has 3 aromatic carbocycles. The predicted molar refractivity (Wildman–Crippen MR) is 129 cm³/mol. The summed E-state index contributed by atoms with van der Waals surface area (Å²) in [5.41, 5.74) is 5.18. The molecule has 0 saturated heterocycles. The molecule has 0 saturated carbocycles. The summed E-state index contributed by atoms with van der Waals surface area (Å²) in [7, 11) is 1.60. The van der Waals surface area contributed by atoms with E-state index < -0.39 is 12.0 Å². The monoisotopic (exact) mass is 444 g/mol. The molecule has 33 heavy (non-hydrogen) atoms. The molecule has 1 unspecified atom stereocenters. The lowest BCUT2D eigenvalue weighted by Gasteiger charge is -2.16. The number of aryl methyl sites for hydroxylation is 1.